The highest BCUT2D eigenvalue weighted by molar-refractivity contribution is 7.89. The SMILES string of the molecule is CCOC(=O)c1c(C)c(S(=O)(=O)NCc2cccc(C)c2)c(C)n1C. The molecule has 0 atom stereocenters. The van der Waals surface area contributed by atoms with Crippen molar-refractivity contribution in [1.29, 1.82) is 0 Å². The van der Waals surface area contributed by atoms with Gasteiger partial charge in [-0.05, 0) is 33.3 Å². The number of benzene rings is 1. The lowest BCUT2D eigenvalue weighted by Gasteiger charge is -2.08. The molecule has 0 fully saturated rings. The van der Waals surface area contributed by atoms with Crippen molar-refractivity contribution in [2.24, 2.45) is 7.05 Å². The van der Waals surface area contributed by atoms with Gasteiger partial charge in [0.15, 0.2) is 0 Å². The van der Waals surface area contributed by atoms with E-state index < -0.39 is 16.0 Å². The normalized spacial score (nSPS) is 11.6. The number of nitrogens with zero attached hydrogens (tertiary/aromatic N) is 1. The predicted molar refractivity (Wildman–Crippen MR) is 96.0 cm³/mol. The Morgan fingerprint density at radius 2 is 1.92 bits per heavy atom. The Bertz CT molecular complexity index is 898. The van der Waals surface area contributed by atoms with Crippen molar-refractivity contribution in [3.8, 4) is 0 Å². The first-order chi connectivity index (χ1) is 11.7. The molecule has 1 aromatic carbocycles. The second kappa shape index (κ2) is 7.41. The van der Waals surface area contributed by atoms with E-state index in [1.807, 2.05) is 31.2 Å². The standard InChI is InChI=1S/C18H24N2O4S/c1-6-24-18(21)16-13(3)17(14(4)20(16)5)25(22,23)19-11-15-9-7-8-12(2)10-15/h7-10,19H,6,11H2,1-5H3. The van der Waals surface area contributed by atoms with E-state index in [0.717, 1.165) is 11.1 Å². The van der Waals surface area contributed by atoms with Gasteiger partial charge in [0.2, 0.25) is 10.0 Å². The van der Waals surface area contributed by atoms with Crippen molar-refractivity contribution in [3.05, 3.63) is 52.3 Å². The molecule has 0 radical (unpaired) electrons. The summed E-state index contributed by atoms with van der Waals surface area (Å²) in [4.78, 5) is 12.3. The van der Waals surface area contributed by atoms with Crippen LogP contribution in [-0.4, -0.2) is 25.6 Å². The van der Waals surface area contributed by atoms with E-state index in [9.17, 15) is 13.2 Å². The highest BCUT2D eigenvalue weighted by atomic mass is 32.2. The number of aryl methyl sites for hydroxylation is 1. The minimum absolute atomic E-state index is 0.130. The summed E-state index contributed by atoms with van der Waals surface area (Å²) in [6, 6.07) is 7.63. The van der Waals surface area contributed by atoms with Gasteiger partial charge in [-0.2, -0.15) is 0 Å². The molecule has 7 heteroatoms. The Balaban J connectivity index is 2.36. The average molecular weight is 364 g/mol. The third-order valence-corrected chi connectivity index (χ3v) is 5.81. The molecule has 2 aromatic rings. The summed E-state index contributed by atoms with van der Waals surface area (Å²) in [7, 11) is -2.10. The van der Waals surface area contributed by atoms with Crippen LogP contribution in [0.3, 0.4) is 0 Å². The number of carbonyl (C=O) groups is 1. The number of nitrogens with one attached hydrogen (secondary N) is 1. The van der Waals surface area contributed by atoms with Gasteiger partial charge in [-0.3, -0.25) is 0 Å². The first-order valence-electron chi connectivity index (χ1n) is 8.07. The first-order valence-corrected chi connectivity index (χ1v) is 9.55. The summed E-state index contributed by atoms with van der Waals surface area (Å²) in [6.07, 6.45) is 0. The molecule has 0 bridgehead atoms. The van der Waals surface area contributed by atoms with Crippen LogP contribution >= 0.6 is 0 Å². The number of rotatable bonds is 6. The third kappa shape index (κ3) is 3.93. The van der Waals surface area contributed by atoms with Gasteiger partial charge in [-0.15, -0.1) is 0 Å². The molecule has 0 saturated heterocycles. The number of hydrogen-bond acceptors (Lipinski definition) is 4. The molecule has 0 amide bonds. The van der Waals surface area contributed by atoms with Crippen molar-refractivity contribution in [2.45, 2.75) is 39.1 Å². The van der Waals surface area contributed by atoms with Gasteiger partial charge in [-0.1, -0.05) is 29.8 Å². The van der Waals surface area contributed by atoms with Crippen molar-refractivity contribution in [3.63, 3.8) is 0 Å². The minimum atomic E-state index is -3.76. The molecule has 1 aromatic heterocycles. The van der Waals surface area contributed by atoms with Gasteiger partial charge >= 0.3 is 5.97 Å². The van der Waals surface area contributed by atoms with Gasteiger partial charge < -0.3 is 9.30 Å². The minimum Gasteiger partial charge on any atom is -0.461 e. The molecular formula is C18H24N2O4S. The molecule has 2 rings (SSSR count). The van der Waals surface area contributed by atoms with E-state index >= 15 is 0 Å². The predicted octanol–water partition coefficient (Wildman–Crippen LogP) is 2.61. The zero-order valence-electron chi connectivity index (χ0n) is 15.2. The van der Waals surface area contributed by atoms with E-state index in [1.54, 1.807) is 32.4 Å². The highest BCUT2D eigenvalue weighted by Crippen LogP contribution is 2.26. The number of esters is 1. The lowest BCUT2D eigenvalue weighted by atomic mass is 10.1. The lowest BCUT2D eigenvalue weighted by molar-refractivity contribution is 0.0514. The molecular weight excluding hydrogens is 340 g/mol. The van der Waals surface area contributed by atoms with E-state index in [1.165, 1.54) is 0 Å². The summed E-state index contributed by atoms with van der Waals surface area (Å²) >= 11 is 0. The zero-order valence-corrected chi connectivity index (χ0v) is 16.0. The summed E-state index contributed by atoms with van der Waals surface area (Å²) in [5, 5.41) is 0. The molecule has 6 nitrogen and oxygen atoms in total. The van der Waals surface area contributed by atoms with Crippen molar-refractivity contribution in [2.75, 3.05) is 6.61 Å². The van der Waals surface area contributed by atoms with Crippen LogP contribution in [-0.2, 0) is 28.4 Å². The number of carbonyl (C=O) groups excluding carboxylic acids is 1. The molecule has 0 saturated carbocycles. The van der Waals surface area contributed by atoms with Gasteiger partial charge in [0.05, 0.1) is 6.61 Å². The first kappa shape index (κ1) is 19.2. The summed E-state index contributed by atoms with van der Waals surface area (Å²) < 4.78 is 34.8. The Hall–Kier alpha value is -2.12. The van der Waals surface area contributed by atoms with Gasteiger partial charge in [-0.25, -0.2) is 17.9 Å². The fourth-order valence-corrected chi connectivity index (χ4v) is 4.44. The smallest absolute Gasteiger partial charge is 0.355 e. The van der Waals surface area contributed by atoms with Crippen LogP contribution in [0.5, 0.6) is 0 Å². The van der Waals surface area contributed by atoms with Crippen LogP contribution in [0, 0.1) is 20.8 Å². The van der Waals surface area contributed by atoms with Crippen LogP contribution in [0.4, 0.5) is 0 Å². The average Bonchev–Trinajstić information content (AvgIpc) is 2.76. The third-order valence-electron chi connectivity index (χ3n) is 4.15. The van der Waals surface area contributed by atoms with Crippen LogP contribution < -0.4 is 4.72 Å². The van der Waals surface area contributed by atoms with E-state index in [4.69, 9.17) is 4.74 Å². The number of ether oxygens (including phenoxy) is 1. The van der Waals surface area contributed by atoms with Crippen molar-refractivity contribution >= 4 is 16.0 Å². The van der Waals surface area contributed by atoms with Crippen LogP contribution in [0.25, 0.3) is 0 Å². The molecule has 0 aliphatic carbocycles. The molecule has 0 aliphatic heterocycles. The van der Waals surface area contributed by atoms with Gasteiger partial charge in [0.25, 0.3) is 0 Å². The highest BCUT2D eigenvalue weighted by Gasteiger charge is 2.29. The summed E-state index contributed by atoms with van der Waals surface area (Å²) in [5.41, 5.74) is 3.09. The largest absolute Gasteiger partial charge is 0.461 e. The maximum Gasteiger partial charge on any atom is 0.355 e. The fraction of sp³-hybridized carbons (Fsp3) is 0.389. The molecule has 0 unspecified atom stereocenters. The number of aromatic nitrogens is 1. The van der Waals surface area contributed by atoms with Crippen molar-refractivity contribution in [1.82, 2.24) is 9.29 Å². The number of hydrogen-bond donors (Lipinski definition) is 1. The fourth-order valence-electron chi connectivity index (χ4n) is 2.91. The van der Waals surface area contributed by atoms with E-state index in [-0.39, 0.29) is 23.7 Å². The Morgan fingerprint density at radius 1 is 1.24 bits per heavy atom. The summed E-state index contributed by atoms with van der Waals surface area (Å²) in [5.74, 6) is -0.522. The van der Waals surface area contributed by atoms with E-state index in [2.05, 4.69) is 4.72 Å². The molecule has 1 heterocycles. The number of sulfonamides is 1. The molecule has 136 valence electrons. The van der Waals surface area contributed by atoms with Crippen LogP contribution in [0.2, 0.25) is 0 Å². The molecule has 0 spiro atoms. The van der Waals surface area contributed by atoms with E-state index in [0.29, 0.717) is 11.3 Å². The van der Waals surface area contributed by atoms with Gasteiger partial charge in [0, 0.05) is 24.8 Å². The Labute approximate surface area is 148 Å². The topological polar surface area (TPSA) is 77.4 Å². The lowest BCUT2D eigenvalue weighted by Crippen LogP contribution is -2.24. The van der Waals surface area contributed by atoms with Gasteiger partial charge in [0.1, 0.15) is 10.6 Å². The Kier molecular flexibility index (Phi) is 5.69. The second-order valence-corrected chi connectivity index (χ2v) is 7.69. The molecule has 0 aliphatic rings. The maximum absolute atomic E-state index is 12.8. The molecule has 1 N–H and O–H groups in total. The second-order valence-electron chi connectivity index (χ2n) is 5.98. The Morgan fingerprint density at radius 3 is 2.52 bits per heavy atom. The quantitative estimate of drug-likeness (QED) is 0.799. The maximum atomic E-state index is 12.8. The van der Waals surface area contributed by atoms with Crippen molar-refractivity contribution < 1.29 is 17.9 Å². The summed E-state index contributed by atoms with van der Waals surface area (Å²) in [6.45, 7) is 7.39. The molecule has 25 heavy (non-hydrogen) atoms. The monoisotopic (exact) mass is 364 g/mol. The zero-order chi connectivity index (χ0) is 18.8. The van der Waals surface area contributed by atoms with Crippen LogP contribution in [0.1, 0.15) is 39.8 Å². The van der Waals surface area contributed by atoms with Crippen LogP contribution in [0.15, 0.2) is 29.2 Å².